The van der Waals surface area contributed by atoms with Gasteiger partial charge in [-0.2, -0.15) is 5.10 Å². The molecule has 1 N–H and O–H groups in total. The SMILES string of the molecule is C[C@@H]1Cc2c(C(=O)N(C)Cc3ccc(Br)cc3)n[nH]c2[C@H](C)O1. The maximum absolute atomic E-state index is 12.8. The molecule has 3 rings (SSSR count). The Morgan fingerprint density at radius 1 is 1.39 bits per heavy atom. The monoisotopic (exact) mass is 377 g/mol. The van der Waals surface area contributed by atoms with E-state index in [1.165, 1.54) is 0 Å². The minimum Gasteiger partial charge on any atom is -0.369 e. The van der Waals surface area contributed by atoms with Crippen molar-refractivity contribution in [1.82, 2.24) is 15.1 Å². The molecule has 0 unspecified atom stereocenters. The number of fused-ring (bicyclic) bond motifs is 1. The predicted molar refractivity (Wildman–Crippen MR) is 91.2 cm³/mol. The van der Waals surface area contributed by atoms with Gasteiger partial charge >= 0.3 is 0 Å². The number of carbonyl (C=O) groups is 1. The van der Waals surface area contributed by atoms with Gasteiger partial charge in [0.25, 0.3) is 5.91 Å². The number of rotatable bonds is 3. The summed E-state index contributed by atoms with van der Waals surface area (Å²) >= 11 is 3.42. The molecular weight excluding hydrogens is 358 g/mol. The van der Waals surface area contributed by atoms with Crippen molar-refractivity contribution in [1.29, 1.82) is 0 Å². The molecule has 5 nitrogen and oxygen atoms in total. The largest absolute Gasteiger partial charge is 0.369 e. The Bertz CT molecular complexity index is 711. The first-order valence-electron chi connectivity index (χ1n) is 7.68. The van der Waals surface area contributed by atoms with E-state index in [1.54, 1.807) is 11.9 Å². The summed E-state index contributed by atoms with van der Waals surface area (Å²) in [6.07, 6.45) is 0.752. The molecule has 23 heavy (non-hydrogen) atoms. The summed E-state index contributed by atoms with van der Waals surface area (Å²) < 4.78 is 6.80. The third-order valence-corrected chi connectivity index (χ3v) is 4.64. The van der Waals surface area contributed by atoms with Gasteiger partial charge in [-0.05, 0) is 31.5 Å². The highest BCUT2D eigenvalue weighted by atomic mass is 79.9. The van der Waals surface area contributed by atoms with Crippen LogP contribution in [0.5, 0.6) is 0 Å². The van der Waals surface area contributed by atoms with Gasteiger partial charge in [-0.15, -0.1) is 0 Å². The van der Waals surface area contributed by atoms with Crippen LogP contribution in [0.4, 0.5) is 0 Å². The topological polar surface area (TPSA) is 58.2 Å². The second-order valence-corrected chi connectivity index (χ2v) is 6.96. The minimum absolute atomic E-state index is 0.0559. The maximum atomic E-state index is 12.8. The summed E-state index contributed by atoms with van der Waals surface area (Å²) in [6.45, 7) is 4.55. The van der Waals surface area contributed by atoms with Crippen LogP contribution in [0.15, 0.2) is 28.7 Å². The highest BCUT2D eigenvalue weighted by Crippen LogP contribution is 2.30. The van der Waals surface area contributed by atoms with Crippen LogP contribution >= 0.6 is 15.9 Å². The van der Waals surface area contributed by atoms with Crippen molar-refractivity contribution in [3.63, 3.8) is 0 Å². The molecule has 2 atom stereocenters. The van der Waals surface area contributed by atoms with Crippen molar-refractivity contribution in [3.8, 4) is 0 Å². The average Bonchev–Trinajstić information content (AvgIpc) is 2.92. The van der Waals surface area contributed by atoms with Gasteiger partial charge in [-0.3, -0.25) is 9.89 Å². The Labute approximate surface area is 144 Å². The zero-order valence-electron chi connectivity index (χ0n) is 13.5. The van der Waals surface area contributed by atoms with E-state index in [4.69, 9.17) is 4.74 Å². The molecule has 0 saturated carbocycles. The molecule has 0 radical (unpaired) electrons. The molecular formula is C17H20BrN3O2. The molecule has 1 aliphatic heterocycles. The number of H-pyrrole nitrogens is 1. The molecule has 6 heteroatoms. The highest BCUT2D eigenvalue weighted by molar-refractivity contribution is 9.10. The molecule has 0 aliphatic carbocycles. The molecule has 1 aliphatic rings. The van der Waals surface area contributed by atoms with Gasteiger partial charge in [0.05, 0.1) is 17.9 Å². The van der Waals surface area contributed by atoms with E-state index in [9.17, 15) is 4.79 Å². The molecule has 0 spiro atoms. The van der Waals surface area contributed by atoms with E-state index in [2.05, 4.69) is 26.1 Å². The summed E-state index contributed by atoms with van der Waals surface area (Å²) in [6, 6.07) is 7.97. The van der Waals surface area contributed by atoms with Crippen LogP contribution < -0.4 is 0 Å². The standard InChI is InChI=1S/C17H20BrN3O2/c1-10-8-14-15(11(2)23-10)19-20-16(14)17(22)21(3)9-12-4-6-13(18)7-5-12/h4-7,10-11H,8-9H2,1-3H3,(H,19,20)/t10-,11+/m1/s1. The number of halogens is 1. The lowest BCUT2D eigenvalue weighted by molar-refractivity contribution is -0.00701. The second-order valence-electron chi connectivity index (χ2n) is 6.05. The van der Waals surface area contributed by atoms with Crippen LogP contribution in [0.1, 0.15) is 47.3 Å². The van der Waals surface area contributed by atoms with E-state index in [0.29, 0.717) is 18.7 Å². The van der Waals surface area contributed by atoms with E-state index in [1.807, 2.05) is 38.1 Å². The summed E-state index contributed by atoms with van der Waals surface area (Å²) in [5, 5.41) is 7.23. The van der Waals surface area contributed by atoms with E-state index < -0.39 is 0 Å². The lowest BCUT2D eigenvalue weighted by atomic mass is 9.99. The number of benzene rings is 1. The first-order valence-corrected chi connectivity index (χ1v) is 8.47. The molecule has 1 aromatic heterocycles. The Balaban J connectivity index is 1.79. The molecule has 0 bridgehead atoms. The van der Waals surface area contributed by atoms with Gasteiger partial charge in [0.15, 0.2) is 5.69 Å². The molecule has 122 valence electrons. The van der Waals surface area contributed by atoms with Crippen molar-refractivity contribution < 1.29 is 9.53 Å². The molecule has 1 amide bonds. The number of nitrogens with zero attached hydrogens (tertiary/aromatic N) is 2. The molecule has 0 fully saturated rings. The summed E-state index contributed by atoms with van der Waals surface area (Å²) in [5.41, 5.74) is 3.51. The Morgan fingerprint density at radius 3 is 2.78 bits per heavy atom. The van der Waals surface area contributed by atoms with Crippen LogP contribution in [-0.2, 0) is 17.7 Å². The van der Waals surface area contributed by atoms with E-state index >= 15 is 0 Å². The van der Waals surface area contributed by atoms with Crippen molar-refractivity contribution in [2.75, 3.05) is 7.05 Å². The smallest absolute Gasteiger partial charge is 0.274 e. The number of ether oxygens (including phenoxy) is 1. The van der Waals surface area contributed by atoms with Gasteiger partial charge in [0.2, 0.25) is 0 Å². The molecule has 1 aromatic carbocycles. The lowest BCUT2D eigenvalue weighted by Crippen LogP contribution is -2.29. The number of amides is 1. The van der Waals surface area contributed by atoms with Crippen molar-refractivity contribution in [3.05, 3.63) is 51.3 Å². The zero-order chi connectivity index (χ0) is 16.6. The van der Waals surface area contributed by atoms with Gasteiger partial charge in [0, 0.05) is 30.0 Å². The van der Waals surface area contributed by atoms with Crippen LogP contribution in [0, 0.1) is 0 Å². The van der Waals surface area contributed by atoms with E-state index in [-0.39, 0.29) is 18.1 Å². The van der Waals surface area contributed by atoms with Crippen LogP contribution in [0.25, 0.3) is 0 Å². The number of carbonyl (C=O) groups excluding carboxylic acids is 1. The second kappa shape index (κ2) is 6.45. The number of nitrogens with one attached hydrogen (secondary N) is 1. The number of hydrogen-bond donors (Lipinski definition) is 1. The van der Waals surface area contributed by atoms with Gasteiger partial charge in [-0.1, -0.05) is 28.1 Å². The average molecular weight is 378 g/mol. The Morgan fingerprint density at radius 2 is 2.09 bits per heavy atom. The van der Waals surface area contributed by atoms with Gasteiger partial charge in [0.1, 0.15) is 0 Å². The first-order chi connectivity index (χ1) is 11.0. The minimum atomic E-state index is -0.0632. The van der Waals surface area contributed by atoms with Crippen LogP contribution in [0.2, 0.25) is 0 Å². The normalized spacial score (nSPS) is 20.2. The molecule has 0 saturated heterocycles. The fraction of sp³-hybridized carbons (Fsp3) is 0.412. The van der Waals surface area contributed by atoms with Gasteiger partial charge < -0.3 is 9.64 Å². The number of hydrogen-bond acceptors (Lipinski definition) is 3. The van der Waals surface area contributed by atoms with Crippen molar-refractivity contribution >= 4 is 21.8 Å². The Hall–Kier alpha value is -1.66. The van der Waals surface area contributed by atoms with E-state index in [0.717, 1.165) is 21.3 Å². The van der Waals surface area contributed by atoms with Crippen LogP contribution in [-0.4, -0.2) is 34.2 Å². The van der Waals surface area contributed by atoms with Crippen molar-refractivity contribution in [2.24, 2.45) is 0 Å². The maximum Gasteiger partial charge on any atom is 0.274 e. The highest BCUT2D eigenvalue weighted by Gasteiger charge is 2.30. The predicted octanol–water partition coefficient (Wildman–Crippen LogP) is 3.47. The third-order valence-electron chi connectivity index (χ3n) is 4.12. The lowest BCUT2D eigenvalue weighted by Gasteiger charge is -2.25. The quantitative estimate of drug-likeness (QED) is 0.890. The molecule has 2 heterocycles. The summed E-state index contributed by atoms with van der Waals surface area (Å²) in [7, 11) is 1.80. The first kappa shape index (κ1) is 16.2. The van der Waals surface area contributed by atoms with Gasteiger partial charge in [-0.25, -0.2) is 0 Å². The van der Waals surface area contributed by atoms with Crippen LogP contribution in [0.3, 0.4) is 0 Å². The fourth-order valence-corrected chi connectivity index (χ4v) is 3.23. The summed E-state index contributed by atoms with van der Waals surface area (Å²) in [5.74, 6) is -0.0632. The Kier molecular flexibility index (Phi) is 4.55. The summed E-state index contributed by atoms with van der Waals surface area (Å²) in [4.78, 5) is 14.5. The number of aromatic amines is 1. The molecule has 2 aromatic rings. The van der Waals surface area contributed by atoms with Crippen molar-refractivity contribution in [2.45, 2.75) is 39.0 Å². The number of aromatic nitrogens is 2. The zero-order valence-corrected chi connectivity index (χ0v) is 15.1. The third kappa shape index (κ3) is 3.33. The fourth-order valence-electron chi connectivity index (χ4n) is 2.97.